The minimum Gasteiger partial charge on any atom is -0.488 e. The van der Waals surface area contributed by atoms with Crippen LogP contribution in [0.3, 0.4) is 0 Å². The fourth-order valence-corrected chi connectivity index (χ4v) is 1.79. The summed E-state index contributed by atoms with van der Waals surface area (Å²) in [6.07, 6.45) is 0. The van der Waals surface area contributed by atoms with Crippen molar-refractivity contribution in [3.05, 3.63) is 41.4 Å². The number of rotatable bonds is 4. The van der Waals surface area contributed by atoms with Gasteiger partial charge in [0.1, 0.15) is 18.2 Å². The number of nitrogens with zero attached hydrogens (tertiary/aromatic N) is 1. The molecule has 0 saturated carbocycles. The Morgan fingerprint density at radius 2 is 2.33 bits per heavy atom. The summed E-state index contributed by atoms with van der Waals surface area (Å²) in [5.74, 6) is 1.04. The van der Waals surface area contributed by atoms with E-state index in [9.17, 15) is 0 Å². The topological polar surface area (TPSA) is 63.9 Å². The molecule has 0 radical (unpaired) electrons. The van der Waals surface area contributed by atoms with Crippen LogP contribution in [0.25, 0.3) is 11.3 Å². The summed E-state index contributed by atoms with van der Waals surface area (Å²) in [6.45, 7) is 6.12. The van der Waals surface area contributed by atoms with Crippen LogP contribution in [-0.4, -0.2) is 16.8 Å². The fourth-order valence-electron chi connectivity index (χ4n) is 1.51. The van der Waals surface area contributed by atoms with E-state index in [1.54, 1.807) is 6.07 Å². The third-order valence-corrected chi connectivity index (χ3v) is 2.72. The Balaban J connectivity index is 2.32. The van der Waals surface area contributed by atoms with Gasteiger partial charge in [-0.2, -0.15) is 5.10 Å². The van der Waals surface area contributed by atoms with E-state index in [0.29, 0.717) is 23.2 Å². The van der Waals surface area contributed by atoms with Crippen molar-refractivity contribution in [1.29, 1.82) is 0 Å². The van der Waals surface area contributed by atoms with Crippen molar-refractivity contribution >= 4 is 17.4 Å². The van der Waals surface area contributed by atoms with Gasteiger partial charge in [0.15, 0.2) is 0 Å². The van der Waals surface area contributed by atoms with E-state index < -0.39 is 0 Å². The molecule has 0 unspecified atom stereocenters. The van der Waals surface area contributed by atoms with Gasteiger partial charge in [0.2, 0.25) is 0 Å². The van der Waals surface area contributed by atoms with E-state index in [1.807, 2.05) is 25.1 Å². The Morgan fingerprint density at radius 1 is 1.56 bits per heavy atom. The molecule has 0 aliphatic carbocycles. The zero-order valence-electron chi connectivity index (χ0n) is 10.0. The van der Waals surface area contributed by atoms with Crippen molar-refractivity contribution in [3.63, 3.8) is 0 Å². The van der Waals surface area contributed by atoms with Gasteiger partial charge >= 0.3 is 0 Å². The molecule has 1 heterocycles. The maximum Gasteiger partial charge on any atom is 0.145 e. The van der Waals surface area contributed by atoms with Gasteiger partial charge in [0.25, 0.3) is 0 Å². The van der Waals surface area contributed by atoms with E-state index in [-0.39, 0.29) is 0 Å². The van der Waals surface area contributed by atoms with Crippen LogP contribution in [0, 0.1) is 0 Å². The average molecular weight is 264 g/mol. The quantitative estimate of drug-likeness (QED) is 0.832. The number of nitrogens with two attached hydrogens (primary N) is 1. The zero-order valence-corrected chi connectivity index (χ0v) is 10.8. The van der Waals surface area contributed by atoms with Gasteiger partial charge in [0, 0.05) is 11.6 Å². The summed E-state index contributed by atoms with van der Waals surface area (Å²) >= 11 is 6.29. The maximum atomic E-state index is 6.29. The highest BCUT2D eigenvalue weighted by Crippen LogP contribution is 2.34. The van der Waals surface area contributed by atoms with Gasteiger partial charge in [-0.3, -0.25) is 5.10 Å². The number of nitrogen functional groups attached to an aromatic ring is 1. The number of hydrogen-bond acceptors (Lipinski definition) is 3. The van der Waals surface area contributed by atoms with Gasteiger partial charge in [-0.05, 0) is 18.6 Å². The largest absolute Gasteiger partial charge is 0.488 e. The van der Waals surface area contributed by atoms with Crippen molar-refractivity contribution in [2.24, 2.45) is 0 Å². The van der Waals surface area contributed by atoms with E-state index in [1.165, 1.54) is 0 Å². The van der Waals surface area contributed by atoms with Crippen LogP contribution < -0.4 is 10.5 Å². The first kappa shape index (κ1) is 12.5. The second-order valence-electron chi connectivity index (χ2n) is 4.07. The number of anilines is 1. The molecule has 0 bridgehead atoms. The summed E-state index contributed by atoms with van der Waals surface area (Å²) < 4.78 is 5.57. The molecule has 5 heteroatoms. The summed E-state index contributed by atoms with van der Waals surface area (Å²) in [7, 11) is 0. The van der Waals surface area contributed by atoms with Gasteiger partial charge in [0.05, 0.1) is 10.7 Å². The van der Waals surface area contributed by atoms with Crippen LogP contribution in [0.2, 0.25) is 5.02 Å². The first-order valence-corrected chi connectivity index (χ1v) is 5.82. The Morgan fingerprint density at radius 3 is 2.94 bits per heavy atom. The summed E-state index contributed by atoms with van der Waals surface area (Å²) in [5.41, 5.74) is 8.07. The molecule has 0 aliphatic heterocycles. The molecule has 2 aromatic rings. The normalized spacial score (nSPS) is 10.3. The van der Waals surface area contributed by atoms with Crippen molar-refractivity contribution in [2.45, 2.75) is 6.92 Å². The van der Waals surface area contributed by atoms with Gasteiger partial charge < -0.3 is 10.5 Å². The van der Waals surface area contributed by atoms with Crippen molar-refractivity contribution in [2.75, 3.05) is 12.3 Å². The molecule has 1 aromatic carbocycles. The molecule has 0 amide bonds. The van der Waals surface area contributed by atoms with Crippen LogP contribution >= 0.6 is 11.6 Å². The third kappa shape index (κ3) is 2.65. The van der Waals surface area contributed by atoms with Crippen LogP contribution in [-0.2, 0) is 0 Å². The van der Waals surface area contributed by atoms with Crippen molar-refractivity contribution < 1.29 is 4.74 Å². The van der Waals surface area contributed by atoms with E-state index >= 15 is 0 Å². The first-order chi connectivity index (χ1) is 8.58. The van der Waals surface area contributed by atoms with Crippen LogP contribution in [0.5, 0.6) is 5.75 Å². The molecule has 1 aromatic heterocycles. The highest BCUT2D eigenvalue weighted by molar-refractivity contribution is 6.34. The molecule has 94 valence electrons. The summed E-state index contributed by atoms with van der Waals surface area (Å²) in [5, 5.41) is 7.23. The fraction of sp³-hybridized carbons (Fsp3) is 0.154. The lowest BCUT2D eigenvalue weighted by Crippen LogP contribution is -1.98. The lowest BCUT2D eigenvalue weighted by Gasteiger charge is -2.10. The number of ether oxygens (including phenoxy) is 1. The summed E-state index contributed by atoms with van der Waals surface area (Å²) in [4.78, 5) is 0. The molecule has 4 nitrogen and oxygen atoms in total. The first-order valence-electron chi connectivity index (χ1n) is 5.45. The molecule has 0 saturated heterocycles. The second-order valence-corrected chi connectivity index (χ2v) is 4.45. The van der Waals surface area contributed by atoms with Gasteiger partial charge in [-0.25, -0.2) is 0 Å². The molecule has 2 rings (SSSR count). The second kappa shape index (κ2) is 5.14. The number of aromatic amines is 1. The molecule has 3 N–H and O–H groups in total. The highest BCUT2D eigenvalue weighted by atomic mass is 35.5. The minimum absolute atomic E-state index is 0.425. The molecule has 0 atom stereocenters. The third-order valence-electron chi connectivity index (χ3n) is 2.33. The molecule has 0 fully saturated rings. The van der Waals surface area contributed by atoms with E-state index in [2.05, 4.69) is 16.8 Å². The average Bonchev–Trinajstić information content (AvgIpc) is 2.74. The standard InChI is InChI=1S/C13H14ClN3O/c1-8(2)7-18-11-5-3-4-9(13(11)14)10-6-12(15)17-16-10/h3-6H,1,7H2,2H3,(H3,15,16,17). The molecular weight excluding hydrogens is 250 g/mol. The monoisotopic (exact) mass is 263 g/mol. The number of H-pyrrole nitrogens is 1. The Bertz CT molecular complexity index is 577. The molecule has 0 spiro atoms. The number of hydrogen-bond donors (Lipinski definition) is 2. The molecule has 0 aliphatic rings. The molecule has 18 heavy (non-hydrogen) atoms. The van der Waals surface area contributed by atoms with Crippen LogP contribution in [0.1, 0.15) is 6.92 Å². The minimum atomic E-state index is 0.425. The van der Waals surface area contributed by atoms with Gasteiger partial charge in [-0.15, -0.1) is 0 Å². The number of benzene rings is 1. The molecular formula is C13H14ClN3O. The predicted molar refractivity (Wildman–Crippen MR) is 73.8 cm³/mol. The van der Waals surface area contributed by atoms with Gasteiger partial charge in [-0.1, -0.05) is 30.3 Å². The maximum absolute atomic E-state index is 6.29. The lowest BCUT2D eigenvalue weighted by molar-refractivity contribution is 0.353. The number of halogens is 1. The SMILES string of the molecule is C=C(C)COc1cccc(-c2cc(N)n[nH]2)c1Cl. The number of aromatic nitrogens is 2. The van der Waals surface area contributed by atoms with Crippen molar-refractivity contribution in [1.82, 2.24) is 10.2 Å². The summed E-state index contributed by atoms with van der Waals surface area (Å²) in [6, 6.07) is 7.28. The Hall–Kier alpha value is -1.94. The zero-order chi connectivity index (χ0) is 13.1. The highest BCUT2D eigenvalue weighted by Gasteiger charge is 2.11. The Kier molecular flexibility index (Phi) is 3.58. The smallest absolute Gasteiger partial charge is 0.145 e. The van der Waals surface area contributed by atoms with Crippen LogP contribution in [0.15, 0.2) is 36.4 Å². The van der Waals surface area contributed by atoms with Crippen molar-refractivity contribution in [3.8, 4) is 17.0 Å². The van der Waals surface area contributed by atoms with Crippen LogP contribution in [0.4, 0.5) is 5.82 Å². The lowest BCUT2D eigenvalue weighted by atomic mass is 10.1. The van der Waals surface area contributed by atoms with E-state index in [4.69, 9.17) is 22.1 Å². The number of nitrogens with one attached hydrogen (secondary N) is 1. The predicted octanol–water partition coefficient (Wildman–Crippen LogP) is 3.27. The van der Waals surface area contributed by atoms with E-state index in [0.717, 1.165) is 16.8 Å². The Labute approximate surface area is 110 Å².